The van der Waals surface area contributed by atoms with Crippen molar-refractivity contribution in [3.8, 4) is 23.2 Å². The zero-order valence-corrected chi connectivity index (χ0v) is 27.0. The molecule has 0 fully saturated rings. The maximum Gasteiger partial charge on any atom is 0.227 e. The summed E-state index contributed by atoms with van der Waals surface area (Å²) in [5.74, 6) is 8.43. The van der Waals surface area contributed by atoms with Crippen molar-refractivity contribution in [1.29, 1.82) is 0 Å². The van der Waals surface area contributed by atoms with Crippen molar-refractivity contribution >= 4 is 45.0 Å². The highest BCUT2D eigenvalue weighted by Crippen LogP contribution is 2.26. The molecule has 0 saturated heterocycles. The van der Waals surface area contributed by atoms with Crippen LogP contribution in [0.2, 0.25) is 0 Å². The second kappa shape index (κ2) is 16.5. The van der Waals surface area contributed by atoms with E-state index >= 15 is 0 Å². The molecule has 0 radical (unpaired) electrons. The van der Waals surface area contributed by atoms with Gasteiger partial charge in [-0.1, -0.05) is 88.0 Å². The highest BCUT2D eigenvalue weighted by atomic mass is 33.1. The van der Waals surface area contributed by atoms with Crippen molar-refractivity contribution in [3.63, 3.8) is 0 Å². The molecule has 3 aromatic carbocycles. The summed E-state index contributed by atoms with van der Waals surface area (Å²) >= 11 is 0. The Bertz CT molecular complexity index is 1740. The minimum Gasteiger partial charge on any atom is -0.355 e. The van der Waals surface area contributed by atoms with E-state index in [9.17, 15) is 14.4 Å². The van der Waals surface area contributed by atoms with E-state index in [0.29, 0.717) is 49.2 Å². The van der Waals surface area contributed by atoms with Gasteiger partial charge in [0.25, 0.3) is 0 Å². The van der Waals surface area contributed by atoms with Gasteiger partial charge < -0.3 is 15.5 Å². The fourth-order valence-corrected chi connectivity index (χ4v) is 6.49. The summed E-state index contributed by atoms with van der Waals surface area (Å²) in [6.45, 7) is 3.06. The number of nitrogens with one attached hydrogen (secondary N) is 2. The number of hydrogen-bond acceptors (Lipinski definition) is 9. The molecule has 1 aliphatic rings. The number of fused-ring (bicyclic) bond motifs is 2. The van der Waals surface area contributed by atoms with E-state index in [1.54, 1.807) is 33.4 Å². The van der Waals surface area contributed by atoms with Gasteiger partial charge in [-0.2, -0.15) is 0 Å². The van der Waals surface area contributed by atoms with Crippen molar-refractivity contribution in [2.45, 2.75) is 39.3 Å². The lowest BCUT2D eigenvalue weighted by molar-refractivity contribution is -0.125. The second-order valence-corrected chi connectivity index (χ2v) is 13.1. The zero-order chi connectivity index (χ0) is 32.1. The van der Waals surface area contributed by atoms with Gasteiger partial charge in [0.1, 0.15) is 0 Å². The average Bonchev–Trinajstić information content (AvgIpc) is 3.07. The number of para-hydroxylation sites is 1. The summed E-state index contributed by atoms with van der Waals surface area (Å²) in [4.78, 5) is 39.8. The molecule has 0 saturated carbocycles. The molecule has 0 bridgehead atoms. The smallest absolute Gasteiger partial charge is 0.227 e. The molecule has 0 spiro atoms. The number of hydrogen-bond donors (Lipinski definition) is 2. The lowest BCUT2D eigenvalue weighted by Crippen LogP contribution is -2.33. The first kappa shape index (κ1) is 32.7. The van der Waals surface area contributed by atoms with Crippen molar-refractivity contribution in [2.24, 2.45) is 0 Å². The third-order valence-electron chi connectivity index (χ3n) is 7.02. The van der Waals surface area contributed by atoms with Crippen molar-refractivity contribution < 1.29 is 14.4 Å². The summed E-state index contributed by atoms with van der Waals surface area (Å²) in [5, 5.41) is 21.7. The molecule has 2 heterocycles. The Morgan fingerprint density at radius 2 is 1.43 bits per heavy atom. The number of carbonyl (C=O) groups is 3. The molecule has 4 aromatic rings. The third kappa shape index (κ3) is 9.39. The third-order valence-corrected chi connectivity index (χ3v) is 9.43. The minimum atomic E-state index is -0.161. The quantitative estimate of drug-likeness (QED) is 0.122. The molecule has 10 nitrogen and oxygen atoms in total. The van der Waals surface area contributed by atoms with Gasteiger partial charge in [0, 0.05) is 60.5 Å². The Hall–Kier alpha value is -4.73. The van der Waals surface area contributed by atoms with E-state index in [2.05, 4.69) is 42.9 Å². The highest BCUT2D eigenvalue weighted by molar-refractivity contribution is 8.76. The summed E-state index contributed by atoms with van der Waals surface area (Å²) < 4.78 is 0. The number of benzene rings is 3. The van der Waals surface area contributed by atoms with Crippen LogP contribution in [0.1, 0.15) is 47.3 Å². The molecule has 12 heteroatoms. The van der Waals surface area contributed by atoms with Crippen molar-refractivity contribution in [1.82, 2.24) is 31.0 Å². The monoisotopic (exact) mass is 651 g/mol. The summed E-state index contributed by atoms with van der Waals surface area (Å²) in [6.07, 6.45) is 0.612. The van der Waals surface area contributed by atoms with Crippen molar-refractivity contribution in [2.75, 3.05) is 23.0 Å². The van der Waals surface area contributed by atoms with E-state index in [1.807, 2.05) is 72.8 Å². The molecule has 1 aliphatic heterocycles. The van der Waals surface area contributed by atoms with E-state index in [4.69, 9.17) is 0 Å². The van der Waals surface area contributed by atoms with E-state index in [0.717, 1.165) is 33.5 Å². The van der Waals surface area contributed by atoms with Crippen LogP contribution in [0.15, 0.2) is 72.8 Å². The number of anilines is 1. The van der Waals surface area contributed by atoms with Crippen LogP contribution >= 0.6 is 21.6 Å². The Kier molecular flexibility index (Phi) is 11.7. The number of carbonyl (C=O) groups excluding carboxylic acids is 3. The molecule has 46 heavy (non-hydrogen) atoms. The van der Waals surface area contributed by atoms with Gasteiger partial charge in [-0.3, -0.25) is 14.4 Å². The largest absolute Gasteiger partial charge is 0.355 e. The highest BCUT2D eigenvalue weighted by Gasteiger charge is 2.21. The lowest BCUT2D eigenvalue weighted by Gasteiger charge is -2.26. The predicted molar refractivity (Wildman–Crippen MR) is 181 cm³/mol. The molecule has 234 valence electrons. The van der Waals surface area contributed by atoms with Crippen LogP contribution in [0.4, 0.5) is 5.69 Å². The Labute approximate surface area is 276 Å². The van der Waals surface area contributed by atoms with Crippen LogP contribution in [-0.2, 0) is 27.5 Å². The zero-order valence-electron chi connectivity index (χ0n) is 25.4. The molecular formula is C34H33N7O3S2. The van der Waals surface area contributed by atoms with Gasteiger partial charge in [0.15, 0.2) is 5.82 Å². The number of aryl methyl sites for hydroxylation is 1. The van der Waals surface area contributed by atoms with Gasteiger partial charge >= 0.3 is 0 Å². The molecule has 0 atom stereocenters. The second-order valence-electron chi connectivity index (χ2n) is 10.4. The molecule has 0 aliphatic carbocycles. The molecule has 3 amide bonds. The lowest BCUT2D eigenvalue weighted by atomic mass is 10.0. The van der Waals surface area contributed by atoms with Crippen LogP contribution in [0.25, 0.3) is 11.4 Å². The maximum absolute atomic E-state index is 13.3. The number of aromatic nitrogens is 4. The van der Waals surface area contributed by atoms with Crippen LogP contribution in [-0.4, -0.2) is 56.2 Å². The minimum absolute atomic E-state index is 0.0244. The van der Waals surface area contributed by atoms with E-state index in [-0.39, 0.29) is 30.6 Å². The number of nitrogens with zero attached hydrogens (tertiary/aromatic N) is 5. The van der Waals surface area contributed by atoms with Gasteiger partial charge in [-0.15, -0.1) is 20.4 Å². The maximum atomic E-state index is 13.3. The van der Waals surface area contributed by atoms with E-state index < -0.39 is 0 Å². The van der Waals surface area contributed by atoms with E-state index in [1.165, 1.54) is 0 Å². The summed E-state index contributed by atoms with van der Waals surface area (Å²) in [5.41, 5.74) is 5.20. The summed E-state index contributed by atoms with van der Waals surface area (Å²) in [7, 11) is 3.19. The number of rotatable bonds is 13. The van der Waals surface area contributed by atoms with Gasteiger partial charge in [0.2, 0.25) is 23.5 Å². The van der Waals surface area contributed by atoms with Gasteiger partial charge in [-0.25, -0.2) is 0 Å². The van der Waals surface area contributed by atoms with Crippen LogP contribution < -0.4 is 15.5 Å². The first-order valence-corrected chi connectivity index (χ1v) is 17.4. The standard InChI is InChI=1S/C34H33N7O3S2/c1-24-37-39-34(40-38-24)28-12-10-25(11-13-28)22-36-32(43)18-20-45-46-21-19-35-31(42)16-17-33(44)41-23-29-8-3-2-6-26(29)14-15-27-7-4-5-9-30(27)41/h2-13H,16-23H2,1H3,(H,35,42)(H,36,43). The number of amides is 3. The summed E-state index contributed by atoms with van der Waals surface area (Å²) in [6, 6.07) is 23.0. The Morgan fingerprint density at radius 3 is 2.24 bits per heavy atom. The predicted octanol–water partition coefficient (Wildman–Crippen LogP) is 4.47. The topological polar surface area (TPSA) is 130 Å². The normalized spacial score (nSPS) is 11.6. The fraction of sp³-hybridized carbons (Fsp3) is 0.265. The van der Waals surface area contributed by atoms with Gasteiger partial charge in [-0.05, 0) is 36.2 Å². The average molecular weight is 652 g/mol. The fourth-order valence-electron chi connectivity index (χ4n) is 4.59. The van der Waals surface area contributed by atoms with Crippen LogP contribution in [0, 0.1) is 18.8 Å². The van der Waals surface area contributed by atoms with Crippen LogP contribution in [0.3, 0.4) is 0 Å². The SMILES string of the molecule is Cc1nnc(-c2ccc(CNC(=O)CCSSCCNC(=O)CCC(=O)N3Cc4ccccc4C#Cc4ccccc43)cc2)nn1. The molecular weight excluding hydrogens is 619 g/mol. The molecule has 2 N–H and O–H groups in total. The molecule has 1 aromatic heterocycles. The molecule has 0 unspecified atom stereocenters. The first-order valence-electron chi connectivity index (χ1n) is 14.9. The van der Waals surface area contributed by atoms with Crippen molar-refractivity contribution in [3.05, 3.63) is 101 Å². The van der Waals surface area contributed by atoms with Crippen LogP contribution in [0.5, 0.6) is 0 Å². The Balaban J connectivity index is 0.950. The van der Waals surface area contributed by atoms with Gasteiger partial charge in [0.05, 0.1) is 12.2 Å². The Morgan fingerprint density at radius 1 is 0.761 bits per heavy atom. The molecule has 5 rings (SSSR count). The first-order chi connectivity index (χ1) is 22.5.